The van der Waals surface area contributed by atoms with Crippen molar-refractivity contribution in [1.82, 2.24) is 10.3 Å². The number of carbonyl (C=O) groups excluding carboxylic acids is 1. The Bertz CT molecular complexity index is 449. The molecular formula is C13H19N3O3. The highest BCUT2D eigenvalue weighted by Crippen LogP contribution is 2.03. The van der Waals surface area contributed by atoms with E-state index in [1.807, 2.05) is 0 Å². The van der Waals surface area contributed by atoms with Gasteiger partial charge in [-0.1, -0.05) is 6.07 Å². The van der Waals surface area contributed by atoms with E-state index in [1.165, 1.54) is 0 Å². The maximum absolute atomic E-state index is 11.9. The van der Waals surface area contributed by atoms with E-state index in [-0.39, 0.29) is 5.69 Å². The number of amides is 1. The smallest absolute Gasteiger partial charge is 0.326 e. The second-order valence-electron chi connectivity index (χ2n) is 4.31. The van der Waals surface area contributed by atoms with Gasteiger partial charge in [0.1, 0.15) is 11.7 Å². The second kappa shape index (κ2) is 7.48. The average molecular weight is 265 g/mol. The number of hydrogen-bond donors (Lipinski definition) is 3. The van der Waals surface area contributed by atoms with Crippen LogP contribution in [0.2, 0.25) is 0 Å². The van der Waals surface area contributed by atoms with Gasteiger partial charge in [-0.2, -0.15) is 0 Å². The fourth-order valence-electron chi connectivity index (χ4n) is 1.65. The Morgan fingerprint density at radius 1 is 1.42 bits per heavy atom. The third-order valence-corrected chi connectivity index (χ3v) is 2.67. The number of nitrogens with one attached hydrogen (secondary N) is 1. The van der Waals surface area contributed by atoms with E-state index in [4.69, 9.17) is 10.8 Å². The number of pyridine rings is 1. The Morgan fingerprint density at radius 2 is 2.16 bits per heavy atom. The number of carbonyl (C=O) groups is 2. The summed E-state index contributed by atoms with van der Waals surface area (Å²) in [5.74, 6) is -1.51. The molecule has 0 saturated heterocycles. The van der Waals surface area contributed by atoms with E-state index in [1.54, 1.807) is 25.1 Å². The topological polar surface area (TPSA) is 105 Å². The van der Waals surface area contributed by atoms with Gasteiger partial charge in [0.2, 0.25) is 0 Å². The van der Waals surface area contributed by atoms with Gasteiger partial charge in [-0.15, -0.1) is 0 Å². The van der Waals surface area contributed by atoms with Crippen LogP contribution in [0.5, 0.6) is 0 Å². The summed E-state index contributed by atoms with van der Waals surface area (Å²) in [4.78, 5) is 27.0. The van der Waals surface area contributed by atoms with Crippen LogP contribution >= 0.6 is 0 Å². The summed E-state index contributed by atoms with van der Waals surface area (Å²) in [6.45, 7) is 2.28. The number of aromatic nitrogens is 1. The van der Waals surface area contributed by atoms with Gasteiger partial charge in [-0.25, -0.2) is 9.78 Å². The Morgan fingerprint density at radius 3 is 2.74 bits per heavy atom. The summed E-state index contributed by atoms with van der Waals surface area (Å²) in [6.07, 6.45) is 1.77. The average Bonchev–Trinajstić information content (AvgIpc) is 2.37. The van der Waals surface area contributed by atoms with E-state index in [0.29, 0.717) is 25.1 Å². The standard InChI is InChI=1S/C13H19N3O3/c1-9-5-4-7-10(15-9)12(17)16-11(13(18)19)6-2-3-8-14/h4-5,7,11H,2-3,6,8,14H2,1H3,(H,16,17)(H,18,19)/t11-/m0/s1. The van der Waals surface area contributed by atoms with Gasteiger partial charge in [0.15, 0.2) is 0 Å². The molecular weight excluding hydrogens is 246 g/mol. The molecule has 6 nitrogen and oxygen atoms in total. The Hall–Kier alpha value is -1.95. The largest absolute Gasteiger partial charge is 0.480 e. The van der Waals surface area contributed by atoms with Crippen molar-refractivity contribution >= 4 is 11.9 Å². The van der Waals surface area contributed by atoms with Crippen LogP contribution in [0.3, 0.4) is 0 Å². The van der Waals surface area contributed by atoms with Gasteiger partial charge in [0, 0.05) is 5.69 Å². The molecule has 0 unspecified atom stereocenters. The molecule has 0 aromatic carbocycles. The predicted octanol–water partition coefficient (Wildman–Crippen LogP) is 0.702. The lowest BCUT2D eigenvalue weighted by molar-refractivity contribution is -0.139. The van der Waals surface area contributed by atoms with Crippen LogP contribution in [-0.4, -0.2) is 34.6 Å². The first-order valence-corrected chi connectivity index (χ1v) is 6.22. The summed E-state index contributed by atoms with van der Waals surface area (Å²) in [6, 6.07) is 4.14. The van der Waals surface area contributed by atoms with Gasteiger partial charge in [0.05, 0.1) is 0 Å². The normalized spacial score (nSPS) is 11.9. The zero-order chi connectivity index (χ0) is 14.3. The first kappa shape index (κ1) is 15.1. The lowest BCUT2D eigenvalue weighted by Gasteiger charge is -2.14. The number of carboxylic acid groups (broad SMARTS) is 1. The van der Waals surface area contributed by atoms with Crippen LogP contribution in [0.1, 0.15) is 35.4 Å². The molecule has 0 radical (unpaired) electrons. The van der Waals surface area contributed by atoms with Gasteiger partial charge < -0.3 is 16.2 Å². The highest BCUT2D eigenvalue weighted by atomic mass is 16.4. The molecule has 1 aromatic heterocycles. The van der Waals surface area contributed by atoms with Crippen molar-refractivity contribution in [3.05, 3.63) is 29.6 Å². The molecule has 104 valence electrons. The van der Waals surface area contributed by atoms with Gasteiger partial charge >= 0.3 is 5.97 Å². The summed E-state index contributed by atoms with van der Waals surface area (Å²) in [7, 11) is 0. The molecule has 1 atom stereocenters. The third kappa shape index (κ3) is 5.05. The molecule has 0 aliphatic carbocycles. The molecule has 19 heavy (non-hydrogen) atoms. The minimum absolute atomic E-state index is 0.227. The van der Waals surface area contributed by atoms with Crippen LogP contribution in [0.15, 0.2) is 18.2 Å². The molecule has 1 heterocycles. The molecule has 1 aromatic rings. The number of carboxylic acids is 1. The maximum atomic E-state index is 11.9. The fourth-order valence-corrected chi connectivity index (χ4v) is 1.65. The van der Waals surface area contributed by atoms with E-state index >= 15 is 0 Å². The number of hydrogen-bond acceptors (Lipinski definition) is 4. The summed E-state index contributed by atoms with van der Waals surface area (Å²) in [5.41, 5.74) is 6.29. The highest BCUT2D eigenvalue weighted by Gasteiger charge is 2.20. The number of aryl methyl sites for hydroxylation is 1. The molecule has 6 heteroatoms. The SMILES string of the molecule is Cc1cccc(C(=O)N[C@@H](CCCCN)C(=O)O)n1. The monoisotopic (exact) mass is 265 g/mol. The fraction of sp³-hybridized carbons (Fsp3) is 0.462. The lowest BCUT2D eigenvalue weighted by atomic mass is 10.1. The number of rotatable bonds is 7. The zero-order valence-electron chi connectivity index (χ0n) is 10.9. The first-order chi connectivity index (χ1) is 9.04. The molecule has 0 saturated carbocycles. The Balaban J connectivity index is 2.63. The summed E-state index contributed by atoms with van der Waals surface area (Å²) >= 11 is 0. The highest BCUT2D eigenvalue weighted by molar-refractivity contribution is 5.94. The molecule has 1 amide bonds. The van der Waals surface area contributed by atoms with Crippen LogP contribution < -0.4 is 11.1 Å². The quantitative estimate of drug-likeness (QED) is 0.629. The second-order valence-corrected chi connectivity index (χ2v) is 4.31. The van der Waals surface area contributed by atoms with Crippen LogP contribution in [0.25, 0.3) is 0 Å². The van der Waals surface area contributed by atoms with Crippen molar-refractivity contribution in [1.29, 1.82) is 0 Å². The zero-order valence-corrected chi connectivity index (χ0v) is 10.9. The van der Waals surface area contributed by atoms with Crippen molar-refractivity contribution in [3.63, 3.8) is 0 Å². The van der Waals surface area contributed by atoms with Crippen molar-refractivity contribution in [2.24, 2.45) is 5.73 Å². The lowest BCUT2D eigenvalue weighted by Crippen LogP contribution is -2.41. The van der Waals surface area contributed by atoms with Gasteiger partial charge in [-0.3, -0.25) is 4.79 Å². The number of nitrogens with zero attached hydrogens (tertiary/aromatic N) is 1. The molecule has 1 rings (SSSR count). The van der Waals surface area contributed by atoms with Gasteiger partial charge in [0.25, 0.3) is 5.91 Å². The number of aliphatic carboxylic acids is 1. The van der Waals surface area contributed by atoms with E-state index in [0.717, 1.165) is 6.42 Å². The van der Waals surface area contributed by atoms with Crippen molar-refractivity contribution < 1.29 is 14.7 Å². The van der Waals surface area contributed by atoms with Crippen molar-refractivity contribution in [2.75, 3.05) is 6.54 Å². The minimum Gasteiger partial charge on any atom is -0.480 e. The number of nitrogens with two attached hydrogens (primary N) is 1. The summed E-state index contributed by atoms with van der Waals surface area (Å²) < 4.78 is 0. The van der Waals surface area contributed by atoms with Gasteiger partial charge in [-0.05, 0) is 44.9 Å². The van der Waals surface area contributed by atoms with Crippen molar-refractivity contribution in [3.8, 4) is 0 Å². The molecule has 0 aliphatic heterocycles. The molecule has 0 fully saturated rings. The van der Waals surface area contributed by atoms with Crippen LogP contribution in [-0.2, 0) is 4.79 Å². The Labute approximate surface area is 112 Å². The van der Waals surface area contributed by atoms with E-state index in [2.05, 4.69) is 10.3 Å². The Kier molecular flexibility index (Phi) is 5.95. The van der Waals surface area contributed by atoms with Crippen LogP contribution in [0.4, 0.5) is 0 Å². The molecule has 0 aliphatic rings. The maximum Gasteiger partial charge on any atom is 0.326 e. The molecule has 0 spiro atoms. The predicted molar refractivity (Wildman–Crippen MR) is 70.8 cm³/mol. The van der Waals surface area contributed by atoms with E-state index in [9.17, 15) is 9.59 Å². The molecule has 0 bridgehead atoms. The van der Waals surface area contributed by atoms with E-state index < -0.39 is 17.9 Å². The van der Waals surface area contributed by atoms with Crippen LogP contribution in [0, 0.1) is 6.92 Å². The van der Waals surface area contributed by atoms with Crippen molar-refractivity contribution in [2.45, 2.75) is 32.2 Å². The molecule has 4 N–H and O–H groups in total. The first-order valence-electron chi connectivity index (χ1n) is 6.22. The number of unbranched alkanes of at least 4 members (excludes halogenated alkanes) is 1. The third-order valence-electron chi connectivity index (χ3n) is 2.67. The minimum atomic E-state index is -1.04. The summed E-state index contributed by atoms with van der Waals surface area (Å²) in [5, 5.41) is 11.5.